The topological polar surface area (TPSA) is 72.5 Å². The monoisotopic (exact) mass is 181 g/mol. The maximum Gasteiger partial charge on any atom is 0.200 e. The van der Waals surface area contributed by atoms with Crippen LogP contribution in [-0.2, 0) is 7.05 Å². The molecule has 2 aromatic rings. The largest absolute Gasteiger partial charge is 0.385 e. The Morgan fingerprint density at radius 2 is 2.42 bits per heavy atom. The summed E-state index contributed by atoms with van der Waals surface area (Å²) in [5, 5.41) is 4.80. The lowest BCUT2D eigenvalue weighted by atomic mass is 10.4. The molecule has 62 valence electrons. The second-order valence-electron chi connectivity index (χ2n) is 2.46. The highest BCUT2D eigenvalue weighted by atomic mass is 32.1. The highest BCUT2D eigenvalue weighted by molar-refractivity contribution is 7.71. The second-order valence-corrected chi connectivity index (χ2v) is 2.85. The van der Waals surface area contributed by atoms with Crippen LogP contribution in [0.1, 0.15) is 0 Å². The Hall–Kier alpha value is -1.43. The number of hydrogen-bond acceptors (Lipinski definition) is 4. The number of aryl methyl sites for hydroxylation is 1. The summed E-state index contributed by atoms with van der Waals surface area (Å²) in [5.74, 6) is 0.512. The van der Waals surface area contributed by atoms with E-state index >= 15 is 0 Å². The van der Waals surface area contributed by atoms with Crippen LogP contribution in [0.25, 0.3) is 11.0 Å². The van der Waals surface area contributed by atoms with Gasteiger partial charge in [-0.05, 0) is 12.2 Å². The summed E-state index contributed by atoms with van der Waals surface area (Å²) in [6.45, 7) is 0. The van der Waals surface area contributed by atoms with Crippen LogP contribution in [0.15, 0.2) is 6.20 Å². The number of nitrogen functional groups attached to an aromatic ring is 1. The maximum atomic E-state index is 5.65. The smallest absolute Gasteiger partial charge is 0.200 e. The number of fused-ring (bicyclic) bond motifs is 1. The number of aromatic nitrogens is 4. The molecule has 0 unspecified atom stereocenters. The average Bonchev–Trinajstić information content (AvgIpc) is 2.33. The molecule has 0 saturated carbocycles. The first kappa shape index (κ1) is 7.23. The van der Waals surface area contributed by atoms with E-state index in [0.29, 0.717) is 16.2 Å². The predicted molar refractivity (Wildman–Crippen MR) is 48.1 cm³/mol. The van der Waals surface area contributed by atoms with Crippen molar-refractivity contribution in [2.75, 3.05) is 5.73 Å². The molecular formula is C6H7N5S. The van der Waals surface area contributed by atoms with Gasteiger partial charge >= 0.3 is 0 Å². The Balaban J connectivity index is 3.02. The number of nitrogens with one attached hydrogen (secondary N) is 1. The summed E-state index contributed by atoms with van der Waals surface area (Å²) in [6.07, 6.45) is 1.66. The highest BCUT2D eigenvalue weighted by Gasteiger charge is 2.03. The fourth-order valence-electron chi connectivity index (χ4n) is 1.06. The molecule has 0 radical (unpaired) electrons. The third-order valence-electron chi connectivity index (χ3n) is 1.65. The van der Waals surface area contributed by atoms with E-state index in [1.165, 1.54) is 0 Å². The molecule has 0 aliphatic rings. The third kappa shape index (κ3) is 0.884. The Morgan fingerprint density at radius 1 is 1.67 bits per heavy atom. The van der Waals surface area contributed by atoms with Gasteiger partial charge in [0.1, 0.15) is 5.82 Å². The number of hydrogen-bond donors (Lipinski definition) is 2. The Bertz CT molecular complexity index is 482. The van der Waals surface area contributed by atoms with Crippen molar-refractivity contribution in [1.29, 1.82) is 0 Å². The quantitative estimate of drug-likeness (QED) is 0.584. The zero-order chi connectivity index (χ0) is 8.72. The zero-order valence-corrected chi connectivity index (χ0v) is 7.22. The fourth-order valence-corrected chi connectivity index (χ4v) is 1.26. The van der Waals surface area contributed by atoms with Crippen molar-refractivity contribution in [3.8, 4) is 0 Å². The average molecular weight is 181 g/mol. The first-order valence-corrected chi connectivity index (χ1v) is 3.77. The van der Waals surface area contributed by atoms with Crippen LogP contribution in [0.3, 0.4) is 0 Å². The van der Waals surface area contributed by atoms with Crippen molar-refractivity contribution >= 4 is 29.1 Å². The van der Waals surface area contributed by atoms with E-state index in [1.54, 1.807) is 17.9 Å². The first-order chi connectivity index (χ1) is 5.68. The highest BCUT2D eigenvalue weighted by Crippen LogP contribution is 2.14. The zero-order valence-electron chi connectivity index (χ0n) is 6.40. The van der Waals surface area contributed by atoms with Crippen molar-refractivity contribution < 1.29 is 0 Å². The van der Waals surface area contributed by atoms with Crippen molar-refractivity contribution in [2.45, 2.75) is 0 Å². The molecule has 3 N–H and O–H groups in total. The maximum absolute atomic E-state index is 5.65. The van der Waals surface area contributed by atoms with Crippen molar-refractivity contribution in [2.24, 2.45) is 7.05 Å². The molecular weight excluding hydrogens is 174 g/mol. The summed E-state index contributed by atoms with van der Waals surface area (Å²) < 4.78 is 2.01. The molecule has 5 nitrogen and oxygen atoms in total. The molecule has 0 spiro atoms. The molecule has 0 atom stereocenters. The van der Waals surface area contributed by atoms with Gasteiger partial charge in [0.2, 0.25) is 0 Å². The van der Waals surface area contributed by atoms with Crippen LogP contribution in [-0.4, -0.2) is 19.7 Å². The van der Waals surface area contributed by atoms with Gasteiger partial charge in [0.15, 0.2) is 10.4 Å². The van der Waals surface area contributed by atoms with Crippen LogP contribution in [0.2, 0.25) is 0 Å². The van der Waals surface area contributed by atoms with E-state index in [1.807, 2.05) is 0 Å². The summed E-state index contributed by atoms with van der Waals surface area (Å²) >= 11 is 4.86. The minimum Gasteiger partial charge on any atom is -0.385 e. The molecule has 0 saturated heterocycles. The number of rotatable bonds is 0. The summed E-state index contributed by atoms with van der Waals surface area (Å²) in [5.41, 5.74) is 6.36. The number of anilines is 1. The van der Waals surface area contributed by atoms with Crippen molar-refractivity contribution in [1.82, 2.24) is 19.7 Å². The molecule has 0 bridgehead atoms. The minimum absolute atomic E-state index is 0.378. The van der Waals surface area contributed by atoms with Crippen molar-refractivity contribution in [3.05, 3.63) is 11.0 Å². The lowest BCUT2D eigenvalue weighted by Crippen LogP contribution is -1.96. The Kier molecular flexibility index (Phi) is 1.37. The number of nitrogens with zero attached hydrogens (tertiary/aromatic N) is 3. The molecule has 0 amide bonds. The molecule has 0 aromatic carbocycles. The van der Waals surface area contributed by atoms with Crippen LogP contribution >= 0.6 is 12.2 Å². The minimum atomic E-state index is 0.378. The van der Waals surface area contributed by atoms with Crippen LogP contribution in [0, 0.1) is 4.77 Å². The molecule has 0 fully saturated rings. The number of aromatic amines is 1. The third-order valence-corrected chi connectivity index (χ3v) is 1.84. The van der Waals surface area contributed by atoms with Gasteiger partial charge < -0.3 is 10.7 Å². The molecule has 12 heavy (non-hydrogen) atoms. The van der Waals surface area contributed by atoms with Crippen LogP contribution in [0.5, 0.6) is 0 Å². The standard InChI is InChI=1S/C6H7N5S/c1-11-5-3(2-8-11)4(7)9-6(12)10-5/h2H,1H3,(H3,7,9,10,12). The van der Waals surface area contributed by atoms with E-state index in [2.05, 4.69) is 15.1 Å². The second kappa shape index (κ2) is 2.28. The molecule has 2 heterocycles. The van der Waals surface area contributed by atoms with Gasteiger partial charge in [0, 0.05) is 7.05 Å². The van der Waals surface area contributed by atoms with Crippen LogP contribution in [0.4, 0.5) is 5.82 Å². The Morgan fingerprint density at radius 3 is 3.17 bits per heavy atom. The van der Waals surface area contributed by atoms with Gasteiger partial charge in [0.05, 0.1) is 11.6 Å². The van der Waals surface area contributed by atoms with Gasteiger partial charge in [-0.25, -0.2) is 4.98 Å². The summed E-state index contributed by atoms with van der Waals surface area (Å²) in [4.78, 5) is 6.83. The normalized spacial score (nSPS) is 10.8. The van der Waals surface area contributed by atoms with Crippen LogP contribution < -0.4 is 5.73 Å². The van der Waals surface area contributed by atoms with E-state index in [0.717, 1.165) is 5.39 Å². The molecule has 2 aromatic heterocycles. The van der Waals surface area contributed by atoms with Gasteiger partial charge in [0.25, 0.3) is 0 Å². The number of H-pyrrole nitrogens is 1. The van der Waals surface area contributed by atoms with Gasteiger partial charge in [-0.3, -0.25) is 4.68 Å². The van der Waals surface area contributed by atoms with E-state index in [4.69, 9.17) is 18.0 Å². The lowest BCUT2D eigenvalue weighted by molar-refractivity contribution is 0.784. The summed E-state index contributed by atoms with van der Waals surface area (Å²) in [6, 6.07) is 0. The van der Waals surface area contributed by atoms with Gasteiger partial charge in [-0.2, -0.15) is 5.10 Å². The van der Waals surface area contributed by atoms with Crippen molar-refractivity contribution in [3.63, 3.8) is 0 Å². The molecule has 6 heteroatoms. The van der Waals surface area contributed by atoms with Gasteiger partial charge in [-0.15, -0.1) is 0 Å². The molecule has 0 aliphatic carbocycles. The SMILES string of the molecule is Cn1ncc2c(N)[nH]c(=S)nc21. The fraction of sp³-hybridized carbons (Fsp3) is 0.167. The summed E-state index contributed by atoms with van der Waals surface area (Å²) in [7, 11) is 1.80. The number of nitrogens with two attached hydrogens (primary N) is 1. The lowest BCUT2D eigenvalue weighted by Gasteiger charge is -1.95. The van der Waals surface area contributed by atoms with E-state index in [9.17, 15) is 0 Å². The first-order valence-electron chi connectivity index (χ1n) is 3.36. The van der Waals surface area contributed by atoms with Gasteiger partial charge in [-0.1, -0.05) is 0 Å². The van der Waals surface area contributed by atoms with E-state index in [-0.39, 0.29) is 0 Å². The molecule has 0 aliphatic heterocycles. The molecule has 2 rings (SSSR count). The van der Waals surface area contributed by atoms with E-state index < -0.39 is 0 Å². The predicted octanol–water partition coefficient (Wildman–Crippen LogP) is 0.608. The Labute approximate surface area is 73.2 Å².